The highest BCUT2D eigenvalue weighted by Crippen LogP contribution is 2.38. The van der Waals surface area contributed by atoms with Gasteiger partial charge in [0.15, 0.2) is 16.7 Å². The third-order valence-electron chi connectivity index (χ3n) is 3.87. The number of hydrogen-bond acceptors (Lipinski definition) is 8. The number of nitrogen functional groups attached to an aromatic ring is 2. The van der Waals surface area contributed by atoms with E-state index < -0.39 is 6.67 Å². The summed E-state index contributed by atoms with van der Waals surface area (Å²) in [6.07, 6.45) is 0. The summed E-state index contributed by atoms with van der Waals surface area (Å²) in [5.74, 6) is 2.55. The Bertz CT molecular complexity index is 945. The van der Waals surface area contributed by atoms with Crippen LogP contribution in [0.4, 0.5) is 16.0 Å². The van der Waals surface area contributed by atoms with Gasteiger partial charge in [0.2, 0.25) is 0 Å². The van der Waals surface area contributed by atoms with Crippen LogP contribution in [0.5, 0.6) is 11.5 Å². The van der Waals surface area contributed by atoms with Crippen molar-refractivity contribution in [3.63, 3.8) is 0 Å². The molecular weight excluding hydrogens is 399 g/mol. The van der Waals surface area contributed by atoms with Crippen LogP contribution in [-0.2, 0) is 5.75 Å². The van der Waals surface area contributed by atoms with Gasteiger partial charge in [0.25, 0.3) is 0 Å². The van der Waals surface area contributed by atoms with Crippen molar-refractivity contribution < 1.29 is 13.9 Å². The number of nitrogens with zero attached hydrogens (tertiary/aromatic N) is 2. The molecule has 0 amide bonds. The Labute approximate surface area is 171 Å². The highest BCUT2D eigenvalue weighted by molar-refractivity contribution is 7.98. The van der Waals surface area contributed by atoms with E-state index in [9.17, 15) is 4.39 Å². The molecule has 148 valence electrons. The molecule has 0 unspecified atom stereocenters. The molecule has 28 heavy (non-hydrogen) atoms. The van der Waals surface area contributed by atoms with Gasteiger partial charge in [-0.1, -0.05) is 17.8 Å². The van der Waals surface area contributed by atoms with Crippen LogP contribution in [0.3, 0.4) is 0 Å². The van der Waals surface area contributed by atoms with Gasteiger partial charge in [0, 0.05) is 21.6 Å². The molecule has 0 radical (unpaired) electrons. The number of halogens is 1. The molecule has 3 aromatic rings. The topological polar surface area (TPSA) is 96.3 Å². The van der Waals surface area contributed by atoms with Crippen molar-refractivity contribution in [1.82, 2.24) is 9.97 Å². The number of rotatable bonds is 8. The average Bonchev–Trinajstić information content (AvgIpc) is 3.04. The first-order chi connectivity index (χ1) is 13.5. The van der Waals surface area contributed by atoms with Gasteiger partial charge in [-0.2, -0.15) is 0 Å². The average molecular weight is 421 g/mol. The highest BCUT2D eigenvalue weighted by Gasteiger charge is 2.13. The normalized spacial score (nSPS) is 10.8. The Morgan fingerprint density at radius 2 is 1.86 bits per heavy atom. The third-order valence-corrected chi connectivity index (χ3v) is 6.00. The van der Waals surface area contributed by atoms with Crippen LogP contribution in [-0.4, -0.2) is 30.4 Å². The lowest BCUT2D eigenvalue weighted by Gasteiger charge is -2.11. The fourth-order valence-electron chi connectivity index (χ4n) is 2.67. The van der Waals surface area contributed by atoms with Gasteiger partial charge in [-0.15, -0.1) is 11.3 Å². The zero-order chi connectivity index (χ0) is 20.1. The van der Waals surface area contributed by atoms with Crippen LogP contribution in [0.1, 0.15) is 9.75 Å². The number of thiophene rings is 1. The summed E-state index contributed by atoms with van der Waals surface area (Å²) in [5, 5.41) is 0.557. The van der Waals surface area contributed by atoms with Crippen molar-refractivity contribution in [1.29, 1.82) is 0 Å². The van der Waals surface area contributed by atoms with Crippen LogP contribution in [0, 0.1) is 6.92 Å². The number of ether oxygens (including phenoxy) is 2. The number of anilines is 2. The number of nitrogens with two attached hydrogens (primary N) is 2. The van der Waals surface area contributed by atoms with E-state index in [1.165, 1.54) is 27.6 Å². The minimum absolute atomic E-state index is 0.00510. The van der Waals surface area contributed by atoms with Crippen molar-refractivity contribution in [3.05, 3.63) is 40.1 Å². The SMILES string of the molecule is COc1cc(-c2cc(CSc3nc(N)cc(N)n3)sc2C)ccc1OCCF. The Balaban J connectivity index is 1.78. The summed E-state index contributed by atoms with van der Waals surface area (Å²) in [4.78, 5) is 10.7. The molecule has 1 aromatic carbocycles. The molecule has 6 nitrogen and oxygen atoms in total. The van der Waals surface area contributed by atoms with E-state index in [4.69, 9.17) is 20.9 Å². The second kappa shape index (κ2) is 9.11. The maximum Gasteiger partial charge on any atom is 0.191 e. The lowest BCUT2D eigenvalue weighted by atomic mass is 10.1. The van der Waals surface area contributed by atoms with Gasteiger partial charge >= 0.3 is 0 Å². The number of methoxy groups -OCH3 is 1. The molecule has 0 saturated carbocycles. The third kappa shape index (κ3) is 4.85. The van der Waals surface area contributed by atoms with Crippen molar-refractivity contribution in [2.45, 2.75) is 17.8 Å². The van der Waals surface area contributed by atoms with Gasteiger partial charge in [0.05, 0.1) is 7.11 Å². The van der Waals surface area contributed by atoms with Crippen molar-refractivity contribution in [2.75, 3.05) is 31.9 Å². The Morgan fingerprint density at radius 3 is 2.54 bits per heavy atom. The summed E-state index contributed by atoms with van der Waals surface area (Å²) in [6.45, 7) is 1.53. The summed E-state index contributed by atoms with van der Waals surface area (Å²) in [5.41, 5.74) is 13.6. The maximum absolute atomic E-state index is 12.4. The summed E-state index contributed by atoms with van der Waals surface area (Å²) in [7, 11) is 1.57. The van der Waals surface area contributed by atoms with Crippen LogP contribution in [0.15, 0.2) is 35.5 Å². The molecule has 0 aliphatic rings. The van der Waals surface area contributed by atoms with Gasteiger partial charge in [-0.25, -0.2) is 14.4 Å². The lowest BCUT2D eigenvalue weighted by molar-refractivity contribution is 0.260. The van der Waals surface area contributed by atoms with Crippen molar-refractivity contribution in [3.8, 4) is 22.6 Å². The minimum atomic E-state index is -0.544. The molecule has 0 aliphatic carbocycles. The van der Waals surface area contributed by atoms with Crippen LogP contribution >= 0.6 is 23.1 Å². The van der Waals surface area contributed by atoms with Gasteiger partial charge in [-0.3, -0.25) is 0 Å². The van der Waals surface area contributed by atoms with Crippen LogP contribution in [0.25, 0.3) is 11.1 Å². The van der Waals surface area contributed by atoms with E-state index in [1.54, 1.807) is 24.5 Å². The van der Waals surface area contributed by atoms with Gasteiger partial charge < -0.3 is 20.9 Å². The maximum atomic E-state index is 12.4. The quantitative estimate of drug-likeness (QED) is 0.414. The largest absolute Gasteiger partial charge is 0.493 e. The second-order valence-electron chi connectivity index (χ2n) is 5.87. The first-order valence-corrected chi connectivity index (χ1v) is 10.3. The van der Waals surface area contributed by atoms with E-state index in [-0.39, 0.29) is 6.61 Å². The standard InChI is InChI=1S/C19H21FN4O2S2/c1-11-14(12-3-4-15(26-6-5-20)16(7-12)25-2)8-13(28-11)10-27-19-23-17(21)9-18(22)24-19/h3-4,7-9H,5-6,10H2,1-2H3,(H4,21,22,23,24). The van der Waals surface area contributed by atoms with Crippen molar-refractivity contribution >= 4 is 34.7 Å². The fraction of sp³-hybridized carbons (Fsp3) is 0.263. The van der Waals surface area contributed by atoms with Crippen molar-refractivity contribution in [2.24, 2.45) is 0 Å². The molecule has 0 atom stereocenters. The summed E-state index contributed by atoms with van der Waals surface area (Å²) >= 11 is 3.19. The molecule has 2 aromatic heterocycles. The number of alkyl halides is 1. The zero-order valence-electron chi connectivity index (χ0n) is 15.6. The molecule has 0 saturated heterocycles. The lowest BCUT2D eigenvalue weighted by Crippen LogP contribution is -2.00. The molecule has 0 aliphatic heterocycles. The Morgan fingerprint density at radius 1 is 1.11 bits per heavy atom. The smallest absolute Gasteiger partial charge is 0.191 e. The molecule has 2 heterocycles. The molecule has 0 fully saturated rings. The highest BCUT2D eigenvalue weighted by atomic mass is 32.2. The minimum Gasteiger partial charge on any atom is -0.493 e. The monoisotopic (exact) mass is 420 g/mol. The second-order valence-corrected chi connectivity index (χ2v) is 8.16. The Hall–Kier alpha value is -2.52. The molecule has 4 N–H and O–H groups in total. The Kier molecular flexibility index (Phi) is 6.58. The summed E-state index contributed by atoms with van der Waals surface area (Å²) in [6, 6.07) is 9.33. The predicted octanol–water partition coefficient (Wildman–Crippen LogP) is 4.33. The van der Waals surface area contributed by atoms with E-state index in [0.717, 1.165) is 11.1 Å². The van der Waals surface area contributed by atoms with E-state index in [0.29, 0.717) is 34.0 Å². The van der Waals surface area contributed by atoms with Gasteiger partial charge in [-0.05, 0) is 36.2 Å². The van der Waals surface area contributed by atoms with Crippen LogP contribution < -0.4 is 20.9 Å². The predicted molar refractivity (Wildman–Crippen MR) is 113 cm³/mol. The number of thioether (sulfide) groups is 1. The number of hydrogen-bond donors (Lipinski definition) is 2. The number of aromatic nitrogens is 2. The number of aryl methyl sites for hydroxylation is 1. The molecule has 0 spiro atoms. The zero-order valence-corrected chi connectivity index (χ0v) is 17.2. The first kappa shape index (κ1) is 20.2. The van der Waals surface area contributed by atoms with Gasteiger partial charge in [0.1, 0.15) is 24.9 Å². The fourth-order valence-corrected chi connectivity index (χ4v) is 4.63. The molecule has 0 bridgehead atoms. The van der Waals surface area contributed by atoms with E-state index in [2.05, 4.69) is 23.0 Å². The molecule has 9 heteroatoms. The first-order valence-electron chi connectivity index (χ1n) is 8.49. The van der Waals surface area contributed by atoms with E-state index >= 15 is 0 Å². The number of benzene rings is 1. The molecule has 3 rings (SSSR count). The molecular formula is C19H21FN4O2S2. The van der Waals surface area contributed by atoms with E-state index in [1.807, 2.05) is 12.1 Å². The summed E-state index contributed by atoms with van der Waals surface area (Å²) < 4.78 is 23.1. The van der Waals surface area contributed by atoms with Crippen LogP contribution in [0.2, 0.25) is 0 Å².